The Morgan fingerprint density at radius 3 is 3.00 bits per heavy atom. The largest absolute Gasteiger partial charge is 0.361 e. The van der Waals surface area contributed by atoms with E-state index in [2.05, 4.69) is 20.3 Å². The predicted molar refractivity (Wildman–Crippen MR) is 84.6 cm³/mol. The molecule has 7 nitrogen and oxygen atoms in total. The Labute approximate surface area is 136 Å². The number of hydrogen-bond acceptors (Lipinski definition) is 6. The maximum absolute atomic E-state index is 11.8. The summed E-state index contributed by atoms with van der Waals surface area (Å²) in [5.41, 5.74) is 1.66. The summed E-state index contributed by atoms with van der Waals surface area (Å²) >= 11 is 0. The fourth-order valence-electron chi connectivity index (χ4n) is 3.24. The van der Waals surface area contributed by atoms with E-state index in [1.807, 2.05) is 13.0 Å². The molecule has 0 amide bonds. The van der Waals surface area contributed by atoms with Gasteiger partial charge in [-0.25, -0.2) is 8.42 Å². The molecular weight excluding hydrogens is 316 g/mol. The van der Waals surface area contributed by atoms with E-state index in [-0.39, 0.29) is 0 Å². The van der Waals surface area contributed by atoms with Gasteiger partial charge in [0.25, 0.3) is 0 Å². The van der Waals surface area contributed by atoms with Crippen LogP contribution in [0.1, 0.15) is 30.0 Å². The van der Waals surface area contributed by atoms with Crippen molar-refractivity contribution in [3.05, 3.63) is 29.4 Å². The third-order valence-corrected chi connectivity index (χ3v) is 5.39. The minimum Gasteiger partial charge on any atom is -0.361 e. The van der Waals surface area contributed by atoms with Gasteiger partial charge in [-0.2, -0.15) is 5.10 Å². The first-order valence-electron chi connectivity index (χ1n) is 7.78. The van der Waals surface area contributed by atoms with Gasteiger partial charge < -0.3 is 4.52 Å². The van der Waals surface area contributed by atoms with Gasteiger partial charge in [-0.05, 0) is 38.6 Å². The molecule has 0 bridgehead atoms. The number of aromatic amines is 1. The molecule has 1 saturated heterocycles. The second-order valence-electron chi connectivity index (χ2n) is 6.36. The van der Waals surface area contributed by atoms with Crippen molar-refractivity contribution in [2.75, 3.05) is 19.3 Å². The molecule has 1 atom stereocenters. The monoisotopic (exact) mass is 338 g/mol. The first kappa shape index (κ1) is 16.2. The minimum atomic E-state index is -3.23. The van der Waals surface area contributed by atoms with Gasteiger partial charge >= 0.3 is 0 Å². The van der Waals surface area contributed by atoms with Crippen LogP contribution in [0.5, 0.6) is 0 Å². The lowest BCUT2D eigenvalue weighted by atomic mass is 9.93. The van der Waals surface area contributed by atoms with Crippen LogP contribution in [0.3, 0.4) is 0 Å². The second-order valence-corrected chi connectivity index (χ2v) is 8.35. The third kappa shape index (κ3) is 4.00. The molecule has 8 heteroatoms. The summed E-state index contributed by atoms with van der Waals surface area (Å²) in [6.07, 6.45) is 5.53. The van der Waals surface area contributed by atoms with Gasteiger partial charge in [0, 0.05) is 25.4 Å². The number of aromatic nitrogens is 3. The smallest absolute Gasteiger partial charge is 0.178 e. The first-order valence-corrected chi connectivity index (χ1v) is 9.68. The number of aryl methyl sites for hydroxylation is 1. The van der Waals surface area contributed by atoms with Crippen LogP contribution in [0.2, 0.25) is 0 Å². The molecule has 0 saturated carbocycles. The molecule has 0 spiro atoms. The van der Waals surface area contributed by atoms with Gasteiger partial charge in [0.15, 0.2) is 9.84 Å². The number of nitrogens with one attached hydrogen (secondary N) is 1. The molecule has 2 aromatic rings. The van der Waals surface area contributed by atoms with Crippen LogP contribution in [0.4, 0.5) is 0 Å². The van der Waals surface area contributed by atoms with Crippen LogP contribution >= 0.6 is 0 Å². The lowest BCUT2D eigenvalue weighted by Crippen LogP contribution is -2.36. The highest BCUT2D eigenvalue weighted by Gasteiger charge is 2.24. The molecule has 23 heavy (non-hydrogen) atoms. The summed E-state index contributed by atoms with van der Waals surface area (Å²) in [4.78, 5) is 2.67. The standard InChI is InChI=1S/C15H22N4O3S/c1-11-6-13(18-22-11)10-19-5-3-4-12(9-19)7-14-15(8-16-17-14)23(2,20)21/h6,8,12H,3-5,7,9-10H2,1-2H3,(H,16,17). The van der Waals surface area contributed by atoms with Gasteiger partial charge in [-0.1, -0.05) is 5.16 Å². The van der Waals surface area contributed by atoms with Gasteiger partial charge in [-0.15, -0.1) is 0 Å². The maximum atomic E-state index is 11.8. The zero-order valence-corrected chi connectivity index (χ0v) is 14.3. The molecule has 1 aliphatic rings. The Balaban J connectivity index is 1.64. The molecular formula is C15H22N4O3S. The molecule has 1 fully saturated rings. The van der Waals surface area contributed by atoms with E-state index in [1.165, 1.54) is 12.5 Å². The quantitative estimate of drug-likeness (QED) is 0.889. The maximum Gasteiger partial charge on any atom is 0.178 e. The van der Waals surface area contributed by atoms with Crippen molar-refractivity contribution in [1.82, 2.24) is 20.3 Å². The molecule has 0 aromatic carbocycles. The van der Waals surface area contributed by atoms with Gasteiger partial charge in [0.2, 0.25) is 0 Å². The molecule has 1 aliphatic heterocycles. The zero-order valence-electron chi connectivity index (χ0n) is 13.4. The average molecular weight is 338 g/mol. The average Bonchev–Trinajstić information content (AvgIpc) is 3.08. The van der Waals surface area contributed by atoms with Crippen molar-refractivity contribution in [1.29, 1.82) is 0 Å². The van der Waals surface area contributed by atoms with Crippen LogP contribution in [-0.2, 0) is 22.8 Å². The van der Waals surface area contributed by atoms with E-state index in [9.17, 15) is 8.42 Å². The first-order chi connectivity index (χ1) is 10.9. The summed E-state index contributed by atoms with van der Waals surface area (Å²) in [6, 6.07) is 1.96. The number of rotatable bonds is 5. The Morgan fingerprint density at radius 1 is 1.48 bits per heavy atom. The van der Waals surface area contributed by atoms with Crippen LogP contribution in [-0.4, -0.2) is 48.0 Å². The molecule has 2 aromatic heterocycles. The molecule has 126 valence electrons. The van der Waals surface area contributed by atoms with Crippen molar-refractivity contribution in [3.8, 4) is 0 Å². The van der Waals surface area contributed by atoms with E-state index in [0.29, 0.717) is 17.2 Å². The highest BCUT2D eigenvalue weighted by molar-refractivity contribution is 7.90. The highest BCUT2D eigenvalue weighted by atomic mass is 32.2. The van der Waals surface area contributed by atoms with Crippen LogP contribution in [0.25, 0.3) is 0 Å². The summed E-state index contributed by atoms with van der Waals surface area (Å²) < 4.78 is 28.7. The molecule has 3 rings (SSSR count). The van der Waals surface area contributed by atoms with E-state index in [1.54, 1.807) is 0 Å². The number of hydrogen-bond donors (Lipinski definition) is 1. The minimum absolute atomic E-state index is 0.321. The van der Waals surface area contributed by atoms with E-state index >= 15 is 0 Å². The normalized spacial score (nSPS) is 20.0. The number of nitrogens with zero attached hydrogens (tertiary/aromatic N) is 3. The van der Waals surface area contributed by atoms with Crippen LogP contribution in [0, 0.1) is 12.8 Å². The summed E-state index contributed by atoms with van der Waals surface area (Å²) in [6.45, 7) is 4.62. The van der Waals surface area contributed by atoms with E-state index in [4.69, 9.17) is 4.52 Å². The van der Waals surface area contributed by atoms with Crippen LogP contribution in [0.15, 0.2) is 21.7 Å². The fraction of sp³-hybridized carbons (Fsp3) is 0.600. The fourth-order valence-corrected chi connectivity index (χ4v) is 4.06. The zero-order chi connectivity index (χ0) is 16.4. The molecule has 0 radical (unpaired) electrons. The van der Waals surface area contributed by atoms with Gasteiger partial charge in [-0.3, -0.25) is 10.00 Å². The Bertz CT molecular complexity index is 765. The molecule has 0 aliphatic carbocycles. The number of likely N-dealkylation sites (tertiary alicyclic amines) is 1. The lowest BCUT2D eigenvalue weighted by molar-refractivity contribution is 0.162. The topological polar surface area (TPSA) is 92.1 Å². The Morgan fingerprint density at radius 2 is 2.30 bits per heavy atom. The molecule has 3 heterocycles. The van der Waals surface area contributed by atoms with Gasteiger partial charge in [0.1, 0.15) is 10.7 Å². The summed E-state index contributed by atoms with van der Waals surface area (Å²) in [5, 5.41) is 10.8. The summed E-state index contributed by atoms with van der Waals surface area (Å²) in [5.74, 6) is 1.24. The third-order valence-electron chi connectivity index (χ3n) is 4.24. The van der Waals surface area contributed by atoms with E-state index < -0.39 is 9.84 Å². The Kier molecular flexibility index (Phi) is 4.54. The number of H-pyrrole nitrogens is 1. The highest BCUT2D eigenvalue weighted by Crippen LogP contribution is 2.24. The van der Waals surface area contributed by atoms with Crippen molar-refractivity contribution in [2.24, 2.45) is 5.92 Å². The lowest BCUT2D eigenvalue weighted by Gasteiger charge is -2.32. The summed E-state index contributed by atoms with van der Waals surface area (Å²) in [7, 11) is -3.23. The van der Waals surface area contributed by atoms with Crippen molar-refractivity contribution in [2.45, 2.75) is 37.6 Å². The van der Waals surface area contributed by atoms with Gasteiger partial charge in [0.05, 0.1) is 17.6 Å². The van der Waals surface area contributed by atoms with Crippen molar-refractivity contribution < 1.29 is 12.9 Å². The predicted octanol–water partition coefficient (Wildman–Crippen LogP) is 1.56. The number of piperidine rings is 1. The number of sulfone groups is 1. The van der Waals surface area contributed by atoms with Crippen molar-refractivity contribution in [3.63, 3.8) is 0 Å². The second kappa shape index (κ2) is 6.45. The Hall–Kier alpha value is -1.67. The molecule has 1 unspecified atom stereocenters. The van der Waals surface area contributed by atoms with Crippen LogP contribution < -0.4 is 0 Å². The van der Waals surface area contributed by atoms with E-state index in [0.717, 1.165) is 49.6 Å². The SMILES string of the molecule is Cc1cc(CN2CCCC(Cc3[nH]ncc3S(C)(=O)=O)C2)no1. The van der Waals surface area contributed by atoms with Crippen molar-refractivity contribution >= 4 is 9.84 Å². The molecule has 1 N–H and O–H groups in total.